The first kappa shape index (κ1) is 7.32. The quantitative estimate of drug-likeness (QED) is 0.419. The SMILES string of the molecule is COc1noc(N=C(N)N)n1. The molecule has 0 aliphatic heterocycles. The van der Waals surface area contributed by atoms with Crippen molar-refractivity contribution in [3.63, 3.8) is 0 Å². The van der Waals surface area contributed by atoms with Gasteiger partial charge >= 0.3 is 12.0 Å². The monoisotopic (exact) mass is 157 g/mol. The van der Waals surface area contributed by atoms with Crippen LogP contribution in [0.4, 0.5) is 6.01 Å². The molecule has 0 amide bonds. The number of guanidine groups is 1. The molecular formula is C4H7N5O2. The fraction of sp³-hybridized carbons (Fsp3) is 0.250. The van der Waals surface area contributed by atoms with Crippen LogP contribution in [0.2, 0.25) is 0 Å². The van der Waals surface area contributed by atoms with Crippen molar-refractivity contribution >= 4 is 12.0 Å². The molecular weight excluding hydrogens is 150 g/mol. The van der Waals surface area contributed by atoms with E-state index in [9.17, 15) is 0 Å². The van der Waals surface area contributed by atoms with E-state index >= 15 is 0 Å². The van der Waals surface area contributed by atoms with Crippen molar-refractivity contribution in [1.82, 2.24) is 10.1 Å². The minimum Gasteiger partial charge on any atom is -0.465 e. The van der Waals surface area contributed by atoms with Crippen molar-refractivity contribution in [2.45, 2.75) is 0 Å². The fourth-order valence-electron chi connectivity index (χ4n) is 0.441. The van der Waals surface area contributed by atoms with Gasteiger partial charge in [-0.05, 0) is 5.16 Å². The van der Waals surface area contributed by atoms with Crippen molar-refractivity contribution < 1.29 is 9.26 Å². The zero-order valence-electron chi connectivity index (χ0n) is 5.81. The highest BCUT2D eigenvalue weighted by Crippen LogP contribution is 2.10. The molecule has 0 radical (unpaired) electrons. The summed E-state index contributed by atoms with van der Waals surface area (Å²) in [6.07, 6.45) is 0. The van der Waals surface area contributed by atoms with Crippen LogP contribution in [0.5, 0.6) is 6.01 Å². The van der Waals surface area contributed by atoms with Gasteiger partial charge in [-0.25, -0.2) is 0 Å². The van der Waals surface area contributed by atoms with Gasteiger partial charge in [0.15, 0.2) is 5.96 Å². The number of nitrogens with two attached hydrogens (primary N) is 2. The van der Waals surface area contributed by atoms with Crippen molar-refractivity contribution in [2.24, 2.45) is 16.5 Å². The van der Waals surface area contributed by atoms with E-state index in [-0.39, 0.29) is 18.0 Å². The Morgan fingerprint density at radius 2 is 2.36 bits per heavy atom. The summed E-state index contributed by atoms with van der Waals surface area (Å²) in [5.41, 5.74) is 10.1. The Hall–Kier alpha value is -1.79. The zero-order chi connectivity index (χ0) is 8.27. The summed E-state index contributed by atoms with van der Waals surface area (Å²) in [7, 11) is 1.41. The topological polar surface area (TPSA) is 113 Å². The Bertz CT molecular complexity index is 263. The Morgan fingerprint density at radius 3 is 2.82 bits per heavy atom. The van der Waals surface area contributed by atoms with Gasteiger partial charge in [-0.15, -0.1) is 4.98 Å². The average Bonchev–Trinajstić information content (AvgIpc) is 2.34. The second-order valence-corrected chi connectivity index (χ2v) is 1.60. The molecule has 60 valence electrons. The van der Waals surface area contributed by atoms with E-state index in [0.29, 0.717) is 0 Å². The van der Waals surface area contributed by atoms with Gasteiger partial charge in [0.1, 0.15) is 0 Å². The molecule has 0 fully saturated rings. The third-order valence-corrected chi connectivity index (χ3v) is 0.804. The maximum atomic E-state index is 5.03. The molecule has 0 aromatic carbocycles. The molecule has 0 bridgehead atoms. The van der Waals surface area contributed by atoms with Crippen molar-refractivity contribution in [2.75, 3.05) is 7.11 Å². The van der Waals surface area contributed by atoms with Crippen LogP contribution < -0.4 is 16.2 Å². The maximum Gasteiger partial charge on any atom is 0.355 e. The van der Waals surface area contributed by atoms with Crippen LogP contribution in [0.15, 0.2) is 9.52 Å². The van der Waals surface area contributed by atoms with Crippen molar-refractivity contribution in [3.8, 4) is 6.01 Å². The summed E-state index contributed by atoms with van der Waals surface area (Å²) in [5, 5.41) is 3.36. The highest BCUT2D eigenvalue weighted by molar-refractivity contribution is 5.77. The van der Waals surface area contributed by atoms with E-state index in [1.54, 1.807) is 0 Å². The molecule has 0 aliphatic rings. The number of ether oxygens (including phenoxy) is 1. The van der Waals surface area contributed by atoms with Crippen LogP contribution in [0.25, 0.3) is 0 Å². The first-order valence-corrected chi connectivity index (χ1v) is 2.69. The molecule has 1 rings (SSSR count). The van der Waals surface area contributed by atoms with Crippen molar-refractivity contribution in [1.29, 1.82) is 0 Å². The largest absolute Gasteiger partial charge is 0.465 e. The van der Waals surface area contributed by atoms with Gasteiger partial charge in [0.2, 0.25) is 0 Å². The molecule has 0 saturated carbocycles. The van der Waals surface area contributed by atoms with Crippen LogP contribution in [-0.2, 0) is 0 Å². The van der Waals surface area contributed by atoms with E-state index in [1.165, 1.54) is 7.11 Å². The maximum absolute atomic E-state index is 5.03. The lowest BCUT2D eigenvalue weighted by Crippen LogP contribution is -2.21. The van der Waals surface area contributed by atoms with Gasteiger partial charge in [0, 0.05) is 0 Å². The molecule has 1 heterocycles. The standard InChI is InChI=1S/C4H7N5O2/c1-10-4-8-3(11-9-4)7-2(5)6/h1H3,(H4,5,6,7,8,9). The number of aromatic nitrogens is 2. The van der Waals surface area contributed by atoms with E-state index < -0.39 is 0 Å². The highest BCUT2D eigenvalue weighted by atomic mass is 16.5. The first-order valence-electron chi connectivity index (χ1n) is 2.69. The van der Waals surface area contributed by atoms with Gasteiger partial charge in [-0.1, -0.05) is 0 Å². The van der Waals surface area contributed by atoms with Crippen LogP contribution in [0.3, 0.4) is 0 Å². The van der Waals surface area contributed by atoms with Gasteiger partial charge in [0.25, 0.3) is 0 Å². The normalized spacial score (nSPS) is 9.18. The minimum atomic E-state index is -0.142. The van der Waals surface area contributed by atoms with E-state index in [4.69, 9.17) is 11.5 Å². The van der Waals surface area contributed by atoms with E-state index in [1.807, 2.05) is 0 Å². The van der Waals surface area contributed by atoms with Gasteiger partial charge < -0.3 is 20.7 Å². The second kappa shape index (κ2) is 2.86. The van der Waals surface area contributed by atoms with Crippen LogP contribution in [-0.4, -0.2) is 23.2 Å². The number of nitrogens with zero attached hydrogens (tertiary/aromatic N) is 3. The molecule has 11 heavy (non-hydrogen) atoms. The first-order chi connectivity index (χ1) is 5.22. The number of hydrogen-bond donors (Lipinski definition) is 2. The molecule has 1 aromatic rings. The Kier molecular flexibility index (Phi) is 1.90. The number of rotatable bonds is 2. The smallest absolute Gasteiger partial charge is 0.355 e. The third kappa shape index (κ3) is 1.81. The van der Waals surface area contributed by atoms with E-state index in [0.717, 1.165) is 0 Å². The predicted octanol–water partition coefficient (Wildman–Crippen LogP) is -1.02. The number of methoxy groups -OCH3 is 1. The molecule has 7 nitrogen and oxygen atoms in total. The summed E-state index contributed by atoms with van der Waals surface area (Å²) < 4.78 is 9.14. The molecule has 4 N–H and O–H groups in total. The third-order valence-electron chi connectivity index (χ3n) is 0.804. The summed E-state index contributed by atoms with van der Waals surface area (Å²) in [6, 6.07) is 0.0619. The Balaban J connectivity index is 2.81. The summed E-state index contributed by atoms with van der Waals surface area (Å²) in [4.78, 5) is 7.10. The molecule has 0 atom stereocenters. The van der Waals surface area contributed by atoms with E-state index in [2.05, 4.69) is 24.4 Å². The number of hydrogen-bond acceptors (Lipinski definition) is 5. The lowest BCUT2D eigenvalue weighted by molar-refractivity contribution is 0.338. The molecule has 1 aromatic heterocycles. The molecule has 0 spiro atoms. The summed E-state index contributed by atoms with van der Waals surface area (Å²) in [6.45, 7) is 0. The Morgan fingerprint density at radius 1 is 1.64 bits per heavy atom. The second-order valence-electron chi connectivity index (χ2n) is 1.60. The molecule has 7 heteroatoms. The van der Waals surface area contributed by atoms with Gasteiger partial charge in [-0.2, -0.15) is 4.99 Å². The zero-order valence-corrected chi connectivity index (χ0v) is 5.81. The average molecular weight is 157 g/mol. The predicted molar refractivity (Wildman–Crippen MR) is 36.3 cm³/mol. The lowest BCUT2D eigenvalue weighted by Gasteiger charge is -1.83. The lowest BCUT2D eigenvalue weighted by atomic mass is 11.0. The fourth-order valence-corrected chi connectivity index (χ4v) is 0.441. The van der Waals surface area contributed by atoms with Crippen molar-refractivity contribution in [3.05, 3.63) is 0 Å². The molecule has 0 saturated heterocycles. The van der Waals surface area contributed by atoms with Crippen LogP contribution >= 0.6 is 0 Å². The number of aliphatic imine (C=N–C) groups is 1. The minimum absolute atomic E-state index is 0.0261. The van der Waals surface area contributed by atoms with Gasteiger partial charge in [-0.3, -0.25) is 0 Å². The summed E-state index contributed by atoms with van der Waals surface area (Å²) >= 11 is 0. The van der Waals surface area contributed by atoms with Crippen LogP contribution in [0, 0.1) is 0 Å². The van der Waals surface area contributed by atoms with Gasteiger partial charge in [0.05, 0.1) is 7.11 Å². The highest BCUT2D eigenvalue weighted by Gasteiger charge is 2.02. The Labute approximate surface area is 62.0 Å². The molecule has 0 unspecified atom stereocenters. The van der Waals surface area contributed by atoms with Crippen LogP contribution in [0.1, 0.15) is 0 Å². The molecule has 0 aliphatic carbocycles. The summed E-state index contributed by atoms with van der Waals surface area (Å²) in [5.74, 6) is -0.142.